The second-order valence-electron chi connectivity index (χ2n) is 5.10. The van der Waals surface area contributed by atoms with Gasteiger partial charge in [0.05, 0.1) is 12.2 Å². The third kappa shape index (κ3) is 3.11. The molecule has 0 atom stereocenters. The zero-order valence-corrected chi connectivity index (χ0v) is 12.4. The van der Waals surface area contributed by atoms with Crippen molar-refractivity contribution < 1.29 is 9.53 Å². The quantitative estimate of drug-likeness (QED) is 0.732. The molecule has 0 bridgehead atoms. The average Bonchev–Trinajstić information content (AvgIpc) is 2.53. The minimum Gasteiger partial charge on any atom is -0.444 e. The van der Waals surface area contributed by atoms with Crippen LogP contribution in [0.3, 0.4) is 0 Å². The van der Waals surface area contributed by atoms with Gasteiger partial charge in [-0.15, -0.1) is 0 Å². The summed E-state index contributed by atoms with van der Waals surface area (Å²) < 4.78 is 6.22. The van der Waals surface area contributed by atoms with E-state index in [9.17, 15) is 4.79 Å². The van der Waals surface area contributed by atoms with Gasteiger partial charge < -0.3 is 14.6 Å². The highest BCUT2D eigenvalue weighted by Crippen LogP contribution is 2.19. The predicted molar refractivity (Wildman–Crippen MR) is 71.7 cm³/mol. The fraction of sp³-hybridized carbons (Fsp3) is 0.636. The van der Waals surface area contributed by atoms with Crippen LogP contribution in [0.4, 0.5) is 4.79 Å². The Morgan fingerprint density at radius 2 is 2.24 bits per heavy atom. The average molecular weight is 349 g/mol. The summed E-state index contributed by atoms with van der Waals surface area (Å²) in [6, 6.07) is 0. The van der Waals surface area contributed by atoms with Crippen LogP contribution in [0.5, 0.6) is 0 Å². The normalized spacial score (nSPS) is 15.6. The summed E-state index contributed by atoms with van der Waals surface area (Å²) in [7, 11) is 0. The first-order valence-corrected chi connectivity index (χ1v) is 6.64. The largest absolute Gasteiger partial charge is 0.444 e. The molecule has 0 spiro atoms. The lowest BCUT2D eigenvalue weighted by Gasteiger charge is -2.29. The lowest BCUT2D eigenvalue weighted by Crippen LogP contribution is -2.39. The number of fused-ring (bicyclic) bond motifs is 1. The maximum atomic E-state index is 11.9. The predicted octanol–water partition coefficient (Wildman–Crippen LogP) is 2.31. The Morgan fingerprint density at radius 3 is 2.88 bits per heavy atom. The number of carbonyl (C=O) groups excluding carboxylic acids is 1. The van der Waals surface area contributed by atoms with Gasteiger partial charge in [0.25, 0.3) is 0 Å². The van der Waals surface area contributed by atoms with Crippen molar-refractivity contribution in [3.63, 3.8) is 0 Å². The van der Waals surface area contributed by atoms with Crippen LogP contribution >= 0.6 is 22.6 Å². The Hall–Kier alpha value is -0.790. The summed E-state index contributed by atoms with van der Waals surface area (Å²) in [5, 5.41) is 0. The van der Waals surface area contributed by atoms with Crippen LogP contribution in [-0.2, 0) is 17.7 Å². The van der Waals surface area contributed by atoms with Gasteiger partial charge in [-0.3, -0.25) is 0 Å². The molecule has 2 heterocycles. The van der Waals surface area contributed by atoms with Gasteiger partial charge in [-0.2, -0.15) is 0 Å². The van der Waals surface area contributed by atoms with E-state index in [1.807, 2.05) is 20.8 Å². The van der Waals surface area contributed by atoms with E-state index in [-0.39, 0.29) is 6.09 Å². The molecular weight excluding hydrogens is 333 g/mol. The maximum absolute atomic E-state index is 11.9. The SMILES string of the molecule is CC(C)(C)OC(=O)N1CCc2[nH]c(I)nc2C1. The maximum Gasteiger partial charge on any atom is 0.410 e. The van der Waals surface area contributed by atoms with Gasteiger partial charge in [0, 0.05) is 18.7 Å². The number of ether oxygens (including phenoxy) is 1. The summed E-state index contributed by atoms with van der Waals surface area (Å²) in [4.78, 5) is 21.2. The van der Waals surface area contributed by atoms with Crippen molar-refractivity contribution in [1.82, 2.24) is 14.9 Å². The Labute approximate surface area is 114 Å². The van der Waals surface area contributed by atoms with Gasteiger partial charge in [0.15, 0.2) is 3.83 Å². The van der Waals surface area contributed by atoms with Crippen molar-refractivity contribution in [1.29, 1.82) is 0 Å². The van der Waals surface area contributed by atoms with Crippen molar-refractivity contribution >= 4 is 28.7 Å². The molecule has 5 nitrogen and oxygen atoms in total. The zero-order chi connectivity index (χ0) is 12.6. The van der Waals surface area contributed by atoms with Crippen LogP contribution < -0.4 is 0 Å². The third-order valence-corrected chi connectivity index (χ3v) is 2.97. The van der Waals surface area contributed by atoms with Crippen LogP contribution in [0.15, 0.2) is 0 Å². The molecule has 1 aliphatic heterocycles. The molecule has 2 rings (SSSR count). The number of H-pyrrole nitrogens is 1. The van der Waals surface area contributed by atoms with E-state index in [2.05, 4.69) is 32.6 Å². The molecule has 1 aromatic rings. The number of amides is 1. The van der Waals surface area contributed by atoms with Crippen molar-refractivity contribution in [2.45, 2.75) is 39.3 Å². The number of hydrogen-bond donors (Lipinski definition) is 1. The Balaban J connectivity index is 2.05. The first-order valence-electron chi connectivity index (χ1n) is 5.56. The highest BCUT2D eigenvalue weighted by atomic mass is 127. The third-order valence-electron chi connectivity index (χ3n) is 2.46. The number of rotatable bonds is 0. The van der Waals surface area contributed by atoms with Crippen LogP contribution in [0, 0.1) is 3.83 Å². The minimum atomic E-state index is -0.447. The molecule has 1 aliphatic rings. The second kappa shape index (κ2) is 4.47. The summed E-state index contributed by atoms with van der Waals surface area (Å²) in [5.41, 5.74) is 1.64. The van der Waals surface area contributed by atoms with E-state index < -0.39 is 5.60 Å². The molecule has 0 aromatic carbocycles. The molecule has 0 fully saturated rings. The first-order chi connectivity index (χ1) is 7.85. The second-order valence-corrected chi connectivity index (χ2v) is 6.13. The molecule has 0 saturated heterocycles. The van der Waals surface area contributed by atoms with Gasteiger partial charge in [0.1, 0.15) is 5.60 Å². The zero-order valence-electron chi connectivity index (χ0n) is 10.2. The summed E-state index contributed by atoms with van der Waals surface area (Å²) in [5.74, 6) is 0. The van der Waals surface area contributed by atoms with Gasteiger partial charge in [-0.25, -0.2) is 9.78 Å². The molecule has 6 heteroatoms. The lowest BCUT2D eigenvalue weighted by atomic mass is 10.1. The van der Waals surface area contributed by atoms with Gasteiger partial charge in [-0.05, 0) is 43.4 Å². The number of hydrogen-bond acceptors (Lipinski definition) is 3. The number of nitrogens with zero attached hydrogens (tertiary/aromatic N) is 2. The smallest absolute Gasteiger partial charge is 0.410 e. The topological polar surface area (TPSA) is 58.2 Å². The van der Waals surface area contributed by atoms with E-state index in [0.29, 0.717) is 13.1 Å². The lowest BCUT2D eigenvalue weighted by molar-refractivity contribution is 0.0221. The number of halogens is 1. The number of nitrogens with one attached hydrogen (secondary N) is 1. The standard InChI is InChI=1S/C11H16IN3O2/c1-11(2,3)17-10(16)15-5-4-7-8(6-15)14-9(12)13-7/h4-6H2,1-3H3,(H,13,14). The van der Waals surface area contributed by atoms with E-state index in [1.54, 1.807) is 4.90 Å². The van der Waals surface area contributed by atoms with Crippen LogP contribution in [0.1, 0.15) is 32.2 Å². The van der Waals surface area contributed by atoms with Crippen molar-refractivity contribution in [3.8, 4) is 0 Å². The summed E-state index contributed by atoms with van der Waals surface area (Å²) in [6.45, 7) is 6.83. The number of imidazole rings is 1. The first kappa shape index (κ1) is 12.7. The highest BCUT2D eigenvalue weighted by Gasteiger charge is 2.27. The fourth-order valence-corrected chi connectivity index (χ4v) is 2.35. The van der Waals surface area contributed by atoms with Crippen LogP contribution in [0.25, 0.3) is 0 Å². The highest BCUT2D eigenvalue weighted by molar-refractivity contribution is 14.1. The molecular formula is C11H16IN3O2. The Morgan fingerprint density at radius 1 is 1.53 bits per heavy atom. The van der Waals surface area contributed by atoms with Crippen molar-refractivity contribution in [2.75, 3.05) is 6.54 Å². The van der Waals surface area contributed by atoms with Crippen molar-refractivity contribution in [2.24, 2.45) is 0 Å². The molecule has 94 valence electrons. The van der Waals surface area contributed by atoms with Gasteiger partial charge >= 0.3 is 6.09 Å². The Bertz CT molecular complexity index is 436. The molecule has 0 radical (unpaired) electrons. The van der Waals surface area contributed by atoms with Gasteiger partial charge in [-0.1, -0.05) is 0 Å². The van der Waals surface area contributed by atoms with E-state index in [0.717, 1.165) is 21.6 Å². The van der Waals surface area contributed by atoms with Gasteiger partial charge in [0.2, 0.25) is 0 Å². The molecule has 1 aromatic heterocycles. The van der Waals surface area contributed by atoms with Crippen LogP contribution in [-0.4, -0.2) is 33.1 Å². The number of aromatic nitrogens is 2. The van der Waals surface area contributed by atoms with Crippen molar-refractivity contribution in [3.05, 3.63) is 15.2 Å². The monoisotopic (exact) mass is 349 g/mol. The number of aromatic amines is 1. The van der Waals surface area contributed by atoms with E-state index in [1.165, 1.54) is 0 Å². The molecule has 1 N–H and O–H groups in total. The fourth-order valence-electron chi connectivity index (χ4n) is 1.74. The molecule has 17 heavy (non-hydrogen) atoms. The number of carbonyl (C=O) groups is 1. The van der Waals surface area contributed by atoms with Crippen LogP contribution in [0.2, 0.25) is 0 Å². The summed E-state index contributed by atoms with van der Waals surface area (Å²) in [6.07, 6.45) is 0.547. The summed E-state index contributed by atoms with van der Waals surface area (Å²) >= 11 is 2.15. The molecule has 0 aliphatic carbocycles. The Kier molecular flexibility index (Phi) is 3.33. The molecule has 0 unspecified atom stereocenters. The van der Waals surface area contributed by atoms with E-state index in [4.69, 9.17) is 4.74 Å². The minimum absolute atomic E-state index is 0.263. The molecule has 1 amide bonds. The van der Waals surface area contributed by atoms with E-state index >= 15 is 0 Å². The molecule has 0 saturated carbocycles.